The fraction of sp³-hybridized carbons (Fsp3) is 0.583. The van der Waals surface area contributed by atoms with Gasteiger partial charge in [-0.1, -0.05) is 0 Å². The van der Waals surface area contributed by atoms with E-state index in [4.69, 9.17) is 11.3 Å². The van der Waals surface area contributed by atoms with E-state index in [2.05, 4.69) is 24.9 Å². The average molecular weight is 469 g/mol. The third-order valence-corrected chi connectivity index (χ3v) is 6.95. The van der Waals surface area contributed by atoms with E-state index in [-0.39, 0.29) is 23.9 Å². The van der Waals surface area contributed by atoms with Crippen molar-refractivity contribution in [3.8, 4) is 5.75 Å². The first kappa shape index (κ1) is 23.8. The lowest BCUT2D eigenvalue weighted by atomic mass is 9.97. The zero-order valence-corrected chi connectivity index (χ0v) is 20.0. The summed E-state index contributed by atoms with van der Waals surface area (Å²) in [6.07, 6.45) is 2.72. The number of anilines is 1. The van der Waals surface area contributed by atoms with Gasteiger partial charge in [0.1, 0.15) is 5.52 Å². The monoisotopic (exact) mass is 468 g/mol. The SMILES string of the molecule is [C-]#[N+]CCN(C)C(CNC(C)=O)C1CCN(c2ccc3c(=O)[nH]c(=O)n(C4CC4)c3c2OC)C1. The molecular formula is C24H32N6O4. The molecule has 1 aromatic carbocycles. The Kier molecular flexibility index (Phi) is 6.93. The van der Waals surface area contributed by atoms with E-state index >= 15 is 0 Å². The lowest BCUT2D eigenvalue weighted by Crippen LogP contribution is -2.47. The molecule has 1 saturated carbocycles. The topological polar surface area (TPSA) is 104 Å². The van der Waals surface area contributed by atoms with Gasteiger partial charge < -0.3 is 19.8 Å². The molecule has 2 fully saturated rings. The van der Waals surface area contributed by atoms with E-state index in [1.807, 2.05) is 13.1 Å². The minimum atomic E-state index is -0.405. The van der Waals surface area contributed by atoms with Crippen LogP contribution in [0.15, 0.2) is 21.7 Å². The number of H-pyrrole nitrogens is 1. The van der Waals surface area contributed by atoms with Crippen molar-refractivity contribution in [1.82, 2.24) is 19.8 Å². The standard InChI is InChI=1S/C24H32N6O4/c1-15(31)26-13-20(28(3)12-10-25-2)16-9-11-29(14-16)19-8-7-18-21(22(19)34-4)30(17-5-6-17)24(33)27-23(18)32/h7-8,16-17,20H,5-6,9-14H2,1,3-4H3,(H,26,31)(H,27,32,33). The number of amides is 1. The van der Waals surface area contributed by atoms with Gasteiger partial charge in [0.15, 0.2) is 5.75 Å². The van der Waals surface area contributed by atoms with E-state index in [9.17, 15) is 14.4 Å². The average Bonchev–Trinajstić information content (AvgIpc) is 3.52. The maximum Gasteiger partial charge on any atom is 0.329 e. The van der Waals surface area contributed by atoms with Crippen molar-refractivity contribution in [2.45, 2.75) is 38.3 Å². The number of carbonyl (C=O) groups excluding carboxylic acids is 1. The van der Waals surface area contributed by atoms with Crippen LogP contribution < -0.4 is 26.2 Å². The van der Waals surface area contributed by atoms with Gasteiger partial charge in [-0.2, -0.15) is 0 Å². The lowest BCUT2D eigenvalue weighted by Gasteiger charge is -2.32. The van der Waals surface area contributed by atoms with Crippen LogP contribution in [0, 0.1) is 12.5 Å². The van der Waals surface area contributed by atoms with Crippen LogP contribution in [0.25, 0.3) is 15.7 Å². The van der Waals surface area contributed by atoms with Crippen molar-refractivity contribution in [2.24, 2.45) is 5.92 Å². The minimum absolute atomic E-state index is 0.0714. The largest absolute Gasteiger partial charge is 0.492 e. The summed E-state index contributed by atoms with van der Waals surface area (Å²) in [4.78, 5) is 47.1. The Hall–Kier alpha value is -3.32. The fourth-order valence-electron chi connectivity index (χ4n) is 5.06. The highest BCUT2D eigenvalue weighted by atomic mass is 16.5. The maximum absolute atomic E-state index is 12.6. The molecule has 4 rings (SSSR count). The first-order valence-corrected chi connectivity index (χ1v) is 11.7. The third-order valence-electron chi connectivity index (χ3n) is 6.95. The molecule has 182 valence electrons. The number of nitrogens with zero attached hydrogens (tertiary/aromatic N) is 4. The third kappa shape index (κ3) is 4.66. The smallest absolute Gasteiger partial charge is 0.329 e. The summed E-state index contributed by atoms with van der Waals surface area (Å²) in [6.45, 7) is 11.7. The summed E-state index contributed by atoms with van der Waals surface area (Å²) in [5, 5.41) is 3.39. The Labute approximate surface area is 198 Å². The van der Waals surface area contributed by atoms with Crippen molar-refractivity contribution in [1.29, 1.82) is 0 Å². The molecule has 10 heteroatoms. The number of aromatic nitrogens is 2. The summed E-state index contributed by atoms with van der Waals surface area (Å²) in [6, 6.07) is 3.84. The summed E-state index contributed by atoms with van der Waals surface area (Å²) >= 11 is 0. The van der Waals surface area contributed by atoms with Gasteiger partial charge in [0.25, 0.3) is 5.56 Å². The van der Waals surface area contributed by atoms with Crippen molar-refractivity contribution < 1.29 is 9.53 Å². The number of aromatic amines is 1. The predicted octanol–water partition coefficient (Wildman–Crippen LogP) is 1.22. The van der Waals surface area contributed by atoms with Gasteiger partial charge in [-0.25, -0.2) is 11.4 Å². The first-order chi connectivity index (χ1) is 16.3. The van der Waals surface area contributed by atoms with Gasteiger partial charge in [-0.15, -0.1) is 0 Å². The zero-order chi connectivity index (χ0) is 24.4. The number of methoxy groups -OCH3 is 1. The number of rotatable bonds is 9. The molecule has 34 heavy (non-hydrogen) atoms. The molecule has 1 amide bonds. The number of nitrogens with one attached hydrogen (secondary N) is 2. The molecule has 2 unspecified atom stereocenters. The summed E-state index contributed by atoms with van der Waals surface area (Å²) in [5.41, 5.74) is 0.618. The first-order valence-electron chi connectivity index (χ1n) is 11.7. The number of hydrogen-bond donors (Lipinski definition) is 2. The van der Waals surface area contributed by atoms with E-state index in [1.165, 1.54) is 6.92 Å². The maximum atomic E-state index is 12.6. The molecule has 1 saturated heterocycles. The quantitative estimate of drug-likeness (QED) is 0.537. The highest BCUT2D eigenvalue weighted by Gasteiger charge is 2.35. The number of likely N-dealkylation sites (N-methyl/N-ethyl adjacent to an activating group) is 1. The van der Waals surface area contributed by atoms with Crippen LogP contribution in [0.3, 0.4) is 0 Å². The second-order valence-corrected chi connectivity index (χ2v) is 9.24. The van der Waals surface area contributed by atoms with Crippen LogP contribution in [-0.2, 0) is 4.79 Å². The van der Waals surface area contributed by atoms with Crippen LogP contribution in [0.1, 0.15) is 32.2 Å². The van der Waals surface area contributed by atoms with E-state index < -0.39 is 11.2 Å². The number of ether oxygens (including phenoxy) is 1. The molecule has 2 heterocycles. The number of hydrogen-bond acceptors (Lipinski definition) is 6. The summed E-state index contributed by atoms with van der Waals surface area (Å²) in [7, 11) is 3.57. The number of carbonyl (C=O) groups is 1. The van der Waals surface area contributed by atoms with E-state index in [0.29, 0.717) is 36.3 Å². The van der Waals surface area contributed by atoms with E-state index in [1.54, 1.807) is 17.7 Å². The van der Waals surface area contributed by atoms with Gasteiger partial charge in [-0.05, 0) is 44.4 Å². The van der Waals surface area contributed by atoms with Crippen LogP contribution >= 0.6 is 0 Å². The van der Waals surface area contributed by atoms with Gasteiger partial charge in [-0.3, -0.25) is 24.0 Å². The summed E-state index contributed by atoms with van der Waals surface area (Å²) < 4.78 is 7.49. The van der Waals surface area contributed by atoms with Gasteiger partial charge in [0.05, 0.1) is 24.7 Å². The normalized spacial score (nSPS) is 18.8. The Morgan fingerprint density at radius 2 is 2.12 bits per heavy atom. The molecule has 0 bridgehead atoms. The highest BCUT2D eigenvalue weighted by molar-refractivity contribution is 5.90. The predicted molar refractivity (Wildman–Crippen MR) is 131 cm³/mol. The lowest BCUT2D eigenvalue weighted by molar-refractivity contribution is -0.119. The molecule has 10 nitrogen and oxygen atoms in total. The zero-order valence-electron chi connectivity index (χ0n) is 20.0. The van der Waals surface area contributed by atoms with Crippen molar-refractivity contribution in [2.75, 3.05) is 51.8 Å². The van der Waals surface area contributed by atoms with Crippen molar-refractivity contribution in [3.63, 3.8) is 0 Å². The Balaban J connectivity index is 1.67. The molecule has 1 aromatic heterocycles. The van der Waals surface area contributed by atoms with E-state index in [0.717, 1.165) is 38.0 Å². The Morgan fingerprint density at radius 3 is 2.76 bits per heavy atom. The van der Waals surface area contributed by atoms with Crippen LogP contribution in [-0.4, -0.2) is 73.3 Å². The molecule has 1 aliphatic heterocycles. The fourth-order valence-corrected chi connectivity index (χ4v) is 5.06. The molecule has 2 N–H and O–H groups in total. The summed E-state index contributed by atoms with van der Waals surface area (Å²) in [5.74, 6) is 0.749. The Bertz CT molecular complexity index is 1220. The molecule has 2 aliphatic rings. The van der Waals surface area contributed by atoms with Gasteiger partial charge >= 0.3 is 5.69 Å². The second kappa shape index (κ2) is 9.89. The van der Waals surface area contributed by atoms with Gasteiger partial charge in [0, 0.05) is 38.6 Å². The van der Waals surface area contributed by atoms with Crippen molar-refractivity contribution in [3.05, 3.63) is 44.4 Å². The highest BCUT2D eigenvalue weighted by Crippen LogP contribution is 2.42. The molecule has 0 spiro atoms. The molecule has 1 aliphatic carbocycles. The molecule has 0 radical (unpaired) electrons. The van der Waals surface area contributed by atoms with Gasteiger partial charge in [0.2, 0.25) is 12.5 Å². The van der Waals surface area contributed by atoms with Crippen LogP contribution in [0.4, 0.5) is 5.69 Å². The Morgan fingerprint density at radius 1 is 1.35 bits per heavy atom. The number of fused-ring (bicyclic) bond motifs is 1. The minimum Gasteiger partial charge on any atom is -0.492 e. The molecule has 2 atom stereocenters. The van der Waals surface area contributed by atoms with Crippen LogP contribution in [0.5, 0.6) is 5.75 Å². The second-order valence-electron chi connectivity index (χ2n) is 9.24. The number of benzene rings is 1. The van der Waals surface area contributed by atoms with Crippen LogP contribution in [0.2, 0.25) is 0 Å². The van der Waals surface area contributed by atoms with Crippen molar-refractivity contribution >= 4 is 22.5 Å². The molecule has 2 aromatic rings. The molecular weight excluding hydrogens is 436 g/mol.